The van der Waals surface area contributed by atoms with Crippen LogP contribution in [0.25, 0.3) is 11.0 Å². The van der Waals surface area contributed by atoms with E-state index < -0.39 is 0 Å². The molecule has 0 aromatic carbocycles. The summed E-state index contributed by atoms with van der Waals surface area (Å²) < 4.78 is 7.31. The fourth-order valence-corrected chi connectivity index (χ4v) is 3.11. The van der Waals surface area contributed by atoms with Gasteiger partial charge in [0.05, 0.1) is 23.7 Å². The van der Waals surface area contributed by atoms with E-state index in [9.17, 15) is 0 Å². The first-order chi connectivity index (χ1) is 9.67. The number of nitrogens with one attached hydrogen (secondary N) is 1. The second-order valence-electron chi connectivity index (χ2n) is 5.67. The molecule has 0 spiro atoms. The van der Waals surface area contributed by atoms with Gasteiger partial charge in [0.25, 0.3) is 0 Å². The van der Waals surface area contributed by atoms with Gasteiger partial charge in [0, 0.05) is 25.6 Å². The van der Waals surface area contributed by atoms with Crippen LogP contribution >= 0.6 is 0 Å². The zero-order valence-corrected chi connectivity index (χ0v) is 12.4. The molecule has 3 rings (SSSR count). The van der Waals surface area contributed by atoms with Crippen molar-refractivity contribution in [2.24, 2.45) is 7.05 Å². The third-order valence-electron chi connectivity index (χ3n) is 4.19. The predicted molar refractivity (Wildman–Crippen MR) is 79.9 cm³/mol. The van der Waals surface area contributed by atoms with E-state index >= 15 is 0 Å². The largest absolute Gasteiger partial charge is 0.381 e. The summed E-state index contributed by atoms with van der Waals surface area (Å²) >= 11 is 0. The van der Waals surface area contributed by atoms with Crippen molar-refractivity contribution in [2.45, 2.75) is 44.8 Å². The third-order valence-corrected chi connectivity index (χ3v) is 4.19. The Morgan fingerprint density at radius 1 is 1.40 bits per heavy atom. The molecule has 1 saturated carbocycles. The first kappa shape index (κ1) is 13.4. The van der Waals surface area contributed by atoms with E-state index in [0.29, 0.717) is 12.1 Å². The van der Waals surface area contributed by atoms with E-state index in [2.05, 4.69) is 21.5 Å². The molecule has 0 radical (unpaired) electrons. The minimum atomic E-state index is 0.387. The molecule has 2 aromatic heterocycles. The first-order valence-corrected chi connectivity index (χ1v) is 7.26. The van der Waals surface area contributed by atoms with Crippen LogP contribution in [0.1, 0.15) is 31.4 Å². The van der Waals surface area contributed by atoms with Crippen LogP contribution in [-0.2, 0) is 11.8 Å². The number of hydrogen-bond acceptors (Lipinski definition) is 4. The van der Waals surface area contributed by atoms with Gasteiger partial charge >= 0.3 is 0 Å². The normalized spacial score (nSPS) is 23.1. The van der Waals surface area contributed by atoms with Gasteiger partial charge in [-0.25, -0.2) is 4.98 Å². The predicted octanol–water partition coefficient (Wildman–Crippen LogP) is 2.65. The number of ether oxygens (including phenoxy) is 1. The van der Waals surface area contributed by atoms with Crippen LogP contribution < -0.4 is 5.32 Å². The summed E-state index contributed by atoms with van der Waals surface area (Å²) in [5, 5.41) is 9.13. The van der Waals surface area contributed by atoms with Gasteiger partial charge in [0.1, 0.15) is 0 Å². The summed E-state index contributed by atoms with van der Waals surface area (Å²) in [7, 11) is 3.74. The van der Waals surface area contributed by atoms with Gasteiger partial charge in [-0.3, -0.25) is 4.68 Å². The molecule has 5 nitrogen and oxygen atoms in total. The summed E-state index contributed by atoms with van der Waals surface area (Å²) in [6.45, 7) is 2.02. The molecular formula is C15H22N4O. The lowest BCUT2D eigenvalue weighted by molar-refractivity contribution is 0.0669. The van der Waals surface area contributed by atoms with Gasteiger partial charge in [-0.1, -0.05) is 0 Å². The lowest BCUT2D eigenvalue weighted by Crippen LogP contribution is -2.31. The van der Waals surface area contributed by atoms with E-state index in [0.717, 1.165) is 28.8 Å². The smallest absolute Gasteiger partial charge is 0.157 e. The molecule has 2 heterocycles. The maximum atomic E-state index is 5.48. The SMILES string of the molecule is COC1CCCC(Nc2cnc3c(c2)c(C)nn3C)C1. The highest BCUT2D eigenvalue weighted by Crippen LogP contribution is 2.25. The summed E-state index contributed by atoms with van der Waals surface area (Å²) in [6.07, 6.45) is 6.95. The van der Waals surface area contributed by atoms with Crippen LogP contribution in [0.2, 0.25) is 0 Å². The number of nitrogens with zero attached hydrogens (tertiary/aromatic N) is 3. The molecule has 1 aliphatic carbocycles. The summed E-state index contributed by atoms with van der Waals surface area (Å²) in [4.78, 5) is 4.51. The number of fused-ring (bicyclic) bond motifs is 1. The quantitative estimate of drug-likeness (QED) is 0.935. The topological polar surface area (TPSA) is 52.0 Å². The lowest BCUT2D eigenvalue weighted by Gasteiger charge is -2.29. The molecule has 0 saturated heterocycles. The van der Waals surface area contributed by atoms with Crippen molar-refractivity contribution in [3.63, 3.8) is 0 Å². The highest BCUT2D eigenvalue weighted by Gasteiger charge is 2.21. The maximum Gasteiger partial charge on any atom is 0.157 e. The van der Waals surface area contributed by atoms with Crippen LogP contribution in [-0.4, -0.2) is 34.0 Å². The van der Waals surface area contributed by atoms with Crippen molar-refractivity contribution in [2.75, 3.05) is 12.4 Å². The Kier molecular flexibility index (Phi) is 3.61. The average molecular weight is 274 g/mol. The van der Waals surface area contributed by atoms with Gasteiger partial charge in [-0.2, -0.15) is 5.10 Å². The number of anilines is 1. The average Bonchev–Trinajstić information content (AvgIpc) is 2.74. The summed E-state index contributed by atoms with van der Waals surface area (Å²) in [5.41, 5.74) is 3.04. The number of hydrogen-bond donors (Lipinski definition) is 1. The Labute approximate surface area is 119 Å². The Bertz CT molecular complexity index is 607. The molecule has 0 amide bonds. The van der Waals surface area contributed by atoms with Crippen LogP contribution in [0.4, 0.5) is 5.69 Å². The Balaban J connectivity index is 1.79. The summed E-state index contributed by atoms with van der Waals surface area (Å²) in [5.74, 6) is 0. The van der Waals surface area contributed by atoms with Crippen molar-refractivity contribution < 1.29 is 4.74 Å². The number of rotatable bonds is 3. The van der Waals surface area contributed by atoms with E-state index in [1.54, 1.807) is 7.11 Å². The van der Waals surface area contributed by atoms with Crippen LogP contribution in [0.5, 0.6) is 0 Å². The first-order valence-electron chi connectivity index (χ1n) is 7.26. The van der Waals surface area contributed by atoms with E-state index in [-0.39, 0.29) is 0 Å². The molecule has 0 aliphatic heterocycles. The molecule has 1 N–H and O–H groups in total. The number of pyridine rings is 1. The Morgan fingerprint density at radius 2 is 2.25 bits per heavy atom. The molecule has 1 aliphatic rings. The molecule has 1 fully saturated rings. The van der Waals surface area contributed by atoms with Gasteiger partial charge < -0.3 is 10.1 Å². The zero-order valence-electron chi connectivity index (χ0n) is 12.4. The second-order valence-corrected chi connectivity index (χ2v) is 5.67. The number of methoxy groups -OCH3 is 1. The fourth-order valence-electron chi connectivity index (χ4n) is 3.11. The lowest BCUT2D eigenvalue weighted by atomic mass is 9.92. The molecule has 2 atom stereocenters. The van der Waals surface area contributed by atoms with Gasteiger partial charge in [0.15, 0.2) is 5.65 Å². The van der Waals surface area contributed by atoms with Crippen molar-refractivity contribution in [1.29, 1.82) is 0 Å². The third kappa shape index (κ3) is 2.50. The van der Waals surface area contributed by atoms with E-state index in [1.165, 1.54) is 19.3 Å². The molecule has 0 bridgehead atoms. The molecular weight excluding hydrogens is 252 g/mol. The van der Waals surface area contributed by atoms with Gasteiger partial charge in [0.2, 0.25) is 0 Å². The molecule has 20 heavy (non-hydrogen) atoms. The van der Waals surface area contributed by atoms with E-state index in [1.807, 2.05) is 24.9 Å². The van der Waals surface area contributed by atoms with Crippen molar-refractivity contribution in [1.82, 2.24) is 14.8 Å². The number of aryl methyl sites for hydroxylation is 2. The molecule has 2 unspecified atom stereocenters. The van der Waals surface area contributed by atoms with Crippen LogP contribution in [0.15, 0.2) is 12.3 Å². The van der Waals surface area contributed by atoms with Crippen molar-refractivity contribution in [3.05, 3.63) is 18.0 Å². The molecule has 108 valence electrons. The van der Waals surface area contributed by atoms with Crippen molar-refractivity contribution >= 4 is 16.7 Å². The highest BCUT2D eigenvalue weighted by atomic mass is 16.5. The minimum absolute atomic E-state index is 0.387. The summed E-state index contributed by atoms with van der Waals surface area (Å²) in [6, 6.07) is 2.63. The van der Waals surface area contributed by atoms with E-state index in [4.69, 9.17) is 4.74 Å². The van der Waals surface area contributed by atoms with Gasteiger partial charge in [-0.15, -0.1) is 0 Å². The highest BCUT2D eigenvalue weighted by molar-refractivity contribution is 5.81. The number of aromatic nitrogens is 3. The maximum absolute atomic E-state index is 5.48. The monoisotopic (exact) mass is 274 g/mol. The van der Waals surface area contributed by atoms with Crippen LogP contribution in [0.3, 0.4) is 0 Å². The Morgan fingerprint density at radius 3 is 3.05 bits per heavy atom. The Hall–Kier alpha value is -1.62. The standard InChI is InChI=1S/C15H22N4O/c1-10-14-8-12(9-16-15(14)19(2)18-10)17-11-5-4-6-13(7-11)20-3/h8-9,11,13,17H,4-7H2,1-3H3. The molecule has 5 heteroatoms. The fraction of sp³-hybridized carbons (Fsp3) is 0.600. The van der Waals surface area contributed by atoms with Gasteiger partial charge in [-0.05, 0) is 38.7 Å². The van der Waals surface area contributed by atoms with Crippen molar-refractivity contribution in [3.8, 4) is 0 Å². The minimum Gasteiger partial charge on any atom is -0.381 e. The second kappa shape index (κ2) is 5.40. The zero-order chi connectivity index (χ0) is 14.1. The molecule has 2 aromatic rings. The van der Waals surface area contributed by atoms with Crippen LogP contribution in [0, 0.1) is 6.92 Å².